The van der Waals surface area contributed by atoms with Crippen LogP contribution in [0.5, 0.6) is 11.5 Å². The summed E-state index contributed by atoms with van der Waals surface area (Å²) in [5.41, 5.74) is 0.426. The van der Waals surface area contributed by atoms with Crippen molar-refractivity contribution in [3.8, 4) is 11.5 Å². The zero-order chi connectivity index (χ0) is 12.7. The number of aldehydes is 1. The minimum Gasteiger partial charge on any atom is -0.493 e. The van der Waals surface area contributed by atoms with Crippen molar-refractivity contribution in [2.24, 2.45) is 0 Å². The van der Waals surface area contributed by atoms with E-state index in [-0.39, 0.29) is 6.61 Å². The van der Waals surface area contributed by atoms with Crippen LogP contribution in [0.3, 0.4) is 0 Å². The van der Waals surface area contributed by atoms with E-state index >= 15 is 0 Å². The zero-order valence-corrected chi connectivity index (χ0v) is 10.1. The molecule has 17 heavy (non-hydrogen) atoms. The van der Waals surface area contributed by atoms with Crippen LogP contribution in [0, 0.1) is 0 Å². The average Bonchev–Trinajstić information content (AvgIpc) is 2.39. The highest BCUT2D eigenvalue weighted by atomic mass is 16.7. The molecular formula is C12H16O5. The highest BCUT2D eigenvalue weighted by Gasteiger charge is 2.13. The molecule has 0 aliphatic carbocycles. The van der Waals surface area contributed by atoms with Crippen LogP contribution in [-0.2, 0) is 9.47 Å². The third-order valence-corrected chi connectivity index (χ3v) is 2.25. The summed E-state index contributed by atoms with van der Waals surface area (Å²) in [6.07, 6.45) is 0.228. The van der Waals surface area contributed by atoms with Crippen LogP contribution in [0.1, 0.15) is 10.4 Å². The average molecular weight is 240 g/mol. The molecule has 1 aromatic rings. The second-order valence-electron chi connectivity index (χ2n) is 3.21. The monoisotopic (exact) mass is 240 g/mol. The summed E-state index contributed by atoms with van der Waals surface area (Å²) in [5, 5.41) is 0. The molecule has 0 saturated carbocycles. The summed E-state index contributed by atoms with van der Waals surface area (Å²) < 4.78 is 20.6. The molecule has 0 saturated heterocycles. The summed E-state index contributed by atoms with van der Waals surface area (Å²) in [4.78, 5) is 10.9. The maximum atomic E-state index is 10.9. The highest BCUT2D eigenvalue weighted by molar-refractivity contribution is 5.81. The van der Waals surface area contributed by atoms with Crippen molar-refractivity contribution >= 4 is 6.29 Å². The van der Waals surface area contributed by atoms with Crippen LogP contribution in [0.2, 0.25) is 0 Å². The Bertz CT molecular complexity index is 360. The number of methoxy groups -OCH3 is 3. The molecule has 0 aliphatic rings. The molecule has 0 fully saturated rings. The van der Waals surface area contributed by atoms with Gasteiger partial charge in [0, 0.05) is 14.2 Å². The minimum absolute atomic E-state index is 0.175. The maximum Gasteiger partial charge on any atom is 0.191 e. The van der Waals surface area contributed by atoms with Crippen molar-refractivity contribution in [2.45, 2.75) is 6.29 Å². The minimum atomic E-state index is -0.487. The molecule has 0 N–H and O–H groups in total. The molecule has 94 valence electrons. The Kier molecular flexibility index (Phi) is 5.45. The van der Waals surface area contributed by atoms with Crippen LogP contribution >= 0.6 is 0 Å². The first-order chi connectivity index (χ1) is 8.26. The smallest absolute Gasteiger partial charge is 0.191 e. The fraction of sp³-hybridized carbons (Fsp3) is 0.417. The molecule has 0 unspecified atom stereocenters. The van der Waals surface area contributed by atoms with E-state index in [2.05, 4.69) is 0 Å². The first-order valence-electron chi connectivity index (χ1n) is 5.07. The third-order valence-electron chi connectivity index (χ3n) is 2.25. The molecule has 0 aliphatic heterocycles. The van der Waals surface area contributed by atoms with E-state index in [4.69, 9.17) is 18.9 Å². The van der Waals surface area contributed by atoms with E-state index in [9.17, 15) is 4.79 Å². The SMILES string of the molecule is COc1cccc(C=O)c1OCC(OC)OC. The largest absolute Gasteiger partial charge is 0.493 e. The van der Waals surface area contributed by atoms with Crippen LogP contribution in [0.15, 0.2) is 18.2 Å². The van der Waals surface area contributed by atoms with E-state index in [1.807, 2.05) is 0 Å². The van der Waals surface area contributed by atoms with Gasteiger partial charge in [0.15, 0.2) is 24.1 Å². The number of carbonyl (C=O) groups is 1. The van der Waals surface area contributed by atoms with E-state index in [0.29, 0.717) is 23.3 Å². The molecule has 0 bridgehead atoms. The molecule has 0 aromatic heterocycles. The first-order valence-corrected chi connectivity index (χ1v) is 5.07. The summed E-state index contributed by atoms with van der Waals surface area (Å²) in [6.45, 7) is 0.175. The second kappa shape index (κ2) is 6.88. The van der Waals surface area contributed by atoms with Crippen molar-refractivity contribution in [2.75, 3.05) is 27.9 Å². The lowest BCUT2D eigenvalue weighted by molar-refractivity contribution is -0.122. The fourth-order valence-corrected chi connectivity index (χ4v) is 1.32. The third kappa shape index (κ3) is 3.44. The van der Waals surface area contributed by atoms with Gasteiger partial charge in [-0.05, 0) is 12.1 Å². The fourth-order valence-electron chi connectivity index (χ4n) is 1.32. The highest BCUT2D eigenvalue weighted by Crippen LogP contribution is 2.30. The van der Waals surface area contributed by atoms with Gasteiger partial charge in [0.2, 0.25) is 0 Å². The van der Waals surface area contributed by atoms with Crippen molar-refractivity contribution in [3.63, 3.8) is 0 Å². The Morgan fingerprint density at radius 1 is 1.24 bits per heavy atom. The number of benzene rings is 1. The van der Waals surface area contributed by atoms with Gasteiger partial charge in [-0.15, -0.1) is 0 Å². The van der Waals surface area contributed by atoms with Gasteiger partial charge in [-0.2, -0.15) is 0 Å². The van der Waals surface area contributed by atoms with Gasteiger partial charge in [0.1, 0.15) is 6.61 Å². The Labute approximate surface area is 100 Å². The van der Waals surface area contributed by atoms with Gasteiger partial charge in [-0.1, -0.05) is 6.07 Å². The number of rotatable bonds is 7. The Morgan fingerprint density at radius 2 is 1.94 bits per heavy atom. The lowest BCUT2D eigenvalue weighted by Crippen LogP contribution is -2.22. The molecule has 5 heteroatoms. The van der Waals surface area contributed by atoms with Gasteiger partial charge < -0.3 is 18.9 Å². The molecule has 0 radical (unpaired) electrons. The van der Waals surface area contributed by atoms with Crippen LogP contribution in [-0.4, -0.2) is 40.5 Å². The molecule has 0 spiro atoms. The van der Waals surface area contributed by atoms with E-state index < -0.39 is 6.29 Å². The van der Waals surface area contributed by atoms with Gasteiger partial charge in [0.05, 0.1) is 12.7 Å². The molecule has 0 amide bonds. The van der Waals surface area contributed by atoms with Crippen LogP contribution in [0.25, 0.3) is 0 Å². The molecule has 1 rings (SSSR count). The topological polar surface area (TPSA) is 54.0 Å². The molecule has 5 nitrogen and oxygen atoms in total. The Morgan fingerprint density at radius 3 is 2.47 bits per heavy atom. The summed E-state index contributed by atoms with van der Waals surface area (Å²) >= 11 is 0. The first kappa shape index (κ1) is 13.5. The normalized spacial score (nSPS) is 10.4. The van der Waals surface area contributed by atoms with Gasteiger partial charge in [0.25, 0.3) is 0 Å². The second-order valence-corrected chi connectivity index (χ2v) is 3.21. The Balaban J connectivity index is 2.84. The number of carbonyl (C=O) groups excluding carboxylic acids is 1. The van der Waals surface area contributed by atoms with Gasteiger partial charge in [-0.3, -0.25) is 4.79 Å². The van der Waals surface area contributed by atoms with Gasteiger partial charge in [-0.25, -0.2) is 0 Å². The van der Waals surface area contributed by atoms with Crippen LogP contribution < -0.4 is 9.47 Å². The van der Waals surface area contributed by atoms with Crippen molar-refractivity contribution in [1.82, 2.24) is 0 Å². The van der Waals surface area contributed by atoms with Crippen molar-refractivity contribution in [1.29, 1.82) is 0 Å². The number of hydrogen-bond acceptors (Lipinski definition) is 5. The quantitative estimate of drug-likeness (QED) is 0.534. The standard InChI is InChI=1S/C12H16O5/c1-14-10-6-4-5-9(7-13)12(10)17-8-11(15-2)16-3/h4-7,11H,8H2,1-3H3. The van der Waals surface area contributed by atoms with E-state index in [0.717, 1.165) is 0 Å². The number of ether oxygens (including phenoxy) is 4. The Hall–Kier alpha value is -1.59. The van der Waals surface area contributed by atoms with Gasteiger partial charge >= 0.3 is 0 Å². The maximum absolute atomic E-state index is 10.9. The molecular weight excluding hydrogens is 224 g/mol. The predicted octanol–water partition coefficient (Wildman–Crippen LogP) is 1.51. The van der Waals surface area contributed by atoms with Crippen molar-refractivity contribution in [3.05, 3.63) is 23.8 Å². The number of para-hydroxylation sites is 1. The molecule has 0 atom stereocenters. The van der Waals surface area contributed by atoms with E-state index in [1.165, 1.54) is 21.3 Å². The van der Waals surface area contributed by atoms with Crippen molar-refractivity contribution < 1.29 is 23.7 Å². The lowest BCUT2D eigenvalue weighted by Gasteiger charge is -2.16. The predicted molar refractivity (Wildman–Crippen MR) is 61.7 cm³/mol. The van der Waals surface area contributed by atoms with Crippen LogP contribution in [0.4, 0.5) is 0 Å². The molecule has 1 aromatic carbocycles. The lowest BCUT2D eigenvalue weighted by atomic mass is 10.2. The molecule has 0 heterocycles. The van der Waals surface area contributed by atoms with E-state index in [1.54, 1.807) is 18.2 Å². The zero-order valence-electron chi connectivity index (χ0n) is 10.1. The number of hydrogen-bond donors (Lipinski definition) is 0. The summed E-state index contributed by atoms with van der Waals surface area (Å²) in [7, 11) is 4.54. The summed E-state index contributed by atoms with van der Waals surface area (Å²) in [6, 6.07) is 5.09. The summed E-state index contributed by atoms with van der Waals surface area (Å²) in [5.74, 6) is 0.893.